The first-order valence-corrected chi connectivity index (χ1v) is 12.7. The maximum Gasteiger partial charge on any atom is 0.234 e. The molecule has 1 heterocycles. The molecule has 8 nitrogen and oxygen atoms in total. The van der Waals surface area contributed by atoms with Gasteiger partial charge in [-0.3, -0.25) is 9.59 Å². The fraction of sp³-hybridized carbons (Fsp3) is 0.385. The number of hydrogen-bond acceptors (Lipinski definition) is 6. The van der Waals surface area contributed by atoms with Crippen LogP contribution in [0.3, 0.4) is 0 Å². The van der Waals surface area contributed by atoms with Gasteiger partial charge >= 0.3 is 0 Å². The fourth-order valence-corrected chi connectivity index (χ4v) is 4.40. The molecule has 0 aliphatic rings. The Kier molecular flexibility index (Phi) is 9.31. The highest BCUT2D eigenvalue weighted by Gasteiger charge is 2.20. The summed E-state index contributed by atoms with van der Waals surface area (Å²) in [5.74, 6) is 1.84. The summed E-state index contributed by atoms with van der Waals surface area (Å²) < 4.78 is 7.08. The zero-order valence-electron chi connectivity index (χ0n) is 20.9. The predicted molar refractivity (Wildman–Crippen MR) is 139 cm³/mol. The number of rotatable bonds is 11. The van der Waals surface area contributed by atoms with Gasteiger partial charge in [0.1, 0.15) is 5.75 Å². The van der Waals surface area contributed by atoms with E-state index in [0.29, 0.717) is 23.4 Å². The Hall–Kier alpha value is -3.33. The molecule has 2 aromatic carbocycles. The molecule has 9 heteroatoms. The Labute approximate surface area is 210 Å². The normalized spacial score (nSPS) is 11.8. The Balaban J connectivity index is 1.55. The molecule has 35 heavy (non-hydrogen) atoms. The highest BCUT2D eigenvalue weighted by atomic mass is 32.2. The number of ether oxygens (including phenoxy) is 1. The molecular formula is C26H33N5O3S. The van der Waals surface area contributed by atoms with Crippen molar-refractivity contribution < 1.29 is 14.3 Å². The van der Waals surface area contributed by atoms with Crippen molar-refractivity contribution in [2.75, 3.05) is 18.2 Å². The molecule has 2 N–H and O–H groups in total. The lowest BCUT2D eigenvalue weighted by molar-refractivity contribution is -0.121. The minimum atomic E-state index is -0.323. The van der Waals surface area contributed by atoms with Gasteiger partial charge in [-0.25, -0.2) is 0 Å². The lowest BCUT2D eigenvalue weighted by Crippen LogP contribution is -2.30. The van der Waals surface area contributed by atoms with Crippen LogP contribution in [0.5, 0.6) is 5.75 Å². The highest BCUT2D eigenvalue weighted by Crippen LogP contribution is 2.22. The molecule has 186 valence electrons. The minimum Gasteiger partial charge on any atom is -0.497 e. The molecule has 1 atom stereocenters. The third kappa shape index (κ3) is 7.32. The van der Waals surface area contributed by atoms with Gasteiger partial charge in [0, 0.05) is 12.2 Å². The van der Waals surface area contributed by atoms with Gasteiger partial charge in [0.05, 0.1) is 25.3 Å². The third-order valence-electron chi connectivity index (χ3n) is 5.54. The van der Waals surface area contributed by atoms with Crippen molar-refractivity contribution in [2.45, 2.75) is 57.8 Å². The Morgan fingerprint density at radius 1 is 1.00 bits per heavy atom. The summed E-state index contributed by atoms with van der Waals surface area (Å²) in [6.07, 6.45) is 0.258. The first kappa shape index (κ1) is 26.3. The summed E-state index contributed by atoms with van der Waals surface area (Å²) in [5.41, 5.74) is 2.89. The third-order valence-corrected chi connectivity index (χ3v) is 6.51. The van der Waals surface area contributed by atoms with Crippen molar-refractivity contribution in [2.24, 2.45) is 0 Å². The summed E-state index contributed by atoms with van der Waals surface area (Å²) in [4.78, 5) is 25.0. The molecular weight excluding hydrogens is 462 g/mol. The standard InChI is InChI=1S/C26H33N5O3S/c1-6-31-25(18(4)27-23(32)15-19-7-13-22(34-5)14-8-19)29-30-26(31)35-16-24(33)28-21-11-9-20(10-12-21)17(2)3/h7-14,17-18H,6,15-16H2,1-5H3,(H,27,32)(H,28,33)/t18-/m0/s1. The van der Waals surface area contributed by atoms with Crippen molar-refractivity contribution in [3.05, 3.63) is 65.5 Å². The lowest BCUT2D eigenvalue weighted by Gasteiger charge is -2.15. The second-order valence-electron chi connectivity index (χ2n) is 8.51. The van der Waals surface area contributed by atoms with Crippen LogP contribution < -0.4 is 15.4 Å². The Morgan fingerprint density at radius 3 is 2.29 bits per heavy atom. The number of nitrogens with zero attached hydrogens (tertiary/aromatic N) is 3. The molecule has 1 aromatic heterocycles. The SMILES string of the molecule is CCn1c(SCC(=O)Nc2ccc(C(C)C)cc2)nnc1[C@H](C)NC(=O)Cc1ccc(OC)cc1. The zero-order chi connectivity index (χ0) is 25.4. The van der Waals surface area contributed by atoms with Crippen LogP contribution in [0.15, 0.2) is 53.7 Å². The first-order chi connectivity index (χ1) is 16.8. The molecule has 3 rings (SSSR count). The van der Waals surface area contributed by atoms with E-state index in [2.05, 4.69) is 34.7 Å². The van der Waals surface area contributed by atoms with Crippen molar-refractivity contribution in [3.8, 4) is 5.75 Å². The largest absolute Gasteiger partial charge is 0.497 e. The van der Waals surface area contributed by atoms with Crippen LogP contribution in [0.1, 0.15) is 56.6 Å². The van der Waals surface area contributed by atoms with Crippen molar-refractivity contribution >= 4 is 29.3 Å². The molecule has 0 radical (unpaired) electrons. The van der Waals surface area contributed by atoms with Gasteiger partial charge in [0.2, 0.25) is 11.8 Å². The number of hydrogen-bond donors (Lipinski definition) is 2. The number of amides is 2. The van der Waals surface area contributed by atoms with Crippen LogP contribution in [0.4, 0.5) is 5.69 Å². The molecule has 0 aliphatic heterocycles. The maximum absolute atomic E-state index is 12.5. The van der Waals surface area contributed by atoms with E-state index in [9.17, 15) is 9.59 Å². The predicted octanol–water partition coefficient (Wildman–Crippen LogP) is 4.58. The number of nitrogens with one attached hydrogen (secondary N) is 2. The zero-order valence-corrected chi connectivity index (χ0v) is 21.7. The van der Waals surface area contributed by atoms with E-state index in [1.54, 1.807) is 7.11 Å². The maximum atomic E-state index is 12.5. The van der Waals surface area contributed by atoms with Crippen LogP contribution in [0, 0.1) is 0 Å². The van der Waals surface area contributed by atoms with Crippen LogP contribution in [-0.2, 0) is 22.6 Å². The molecule has 0 unspecified atom stereocenters. The number of anilines is 1. The average Bonchev–Trinajstić information content (AvgIpc) is 3.26. The van der Waals surface area contributed by atoms with E-state index < -0.39 is 0 Å². The van der Waals surface area contributed by atoms with Crippen LogP contribution >= 0.6 is 11.8 Å². The van der Waals surface area contributed by atoms with Crippen molar-refractivity contribution in [1.29, 1.82) is 0 Å². The number of carbonyl (C=O) groups excluding carboxylic acids is 2. The second kappa shape index (κ2) is 12.4. The first-order valence-electron chi connectivity index (χ1n) is 11.7. The number of methoxy groups -OCH3 is 1. The fourth-order valence-electron chi connectivity index (χ4n) is 3.59. The quantitative estimate of drug-likeness (QED) is 0.378. The van der Waals surface area contributed by atoms with Gasteiger partial charge in [-0.05, 0) is 55.2 Å². The van der Waals surface area contributed by atoms with Gasteiger partial charge in [0.25, 0.3) is 0 Å². The topological polar surface area (TPSA) is 98.1 Å². The van der Waals surface area contributed by atoms with E-state index in [1.165, 1.54) is 17.3 Å². The molecule has 2 amide bonds. The summed E-state index contributed by atoms with van der Waals surface area (Å²) in [5, 5.41) is 15.1. The summed E-state index contributed by atoms with van der Waals surface area (Å²) in [6.45, 7) is 8.76. The number of aromatic nitrogens is 3. The van der Waals surface area contributed by atoms with Gasteiger partial charge in [-0.15, -0.1) is 10.2 Å². The second-order valence-corrected chi connectivity index (χ2v) is 9.46. The molecule has 0 saturated heterocycles. The molecule has 0 aliphatic carbocycles. The van der Waals surface area contributed by atoms with E-state index >= 15 is 0 Å². The van der Waals surface area contributed by atoms with Gasteiger partial charge < -0.3 is 19.9 Å². The van der Waals surface area contributed by atoms with Crippen molar-refractivity contribution in [1.82, 2.24) is 20.1 Å². The molecule has 0 fully saturated rings. The lowest BCUT2D eigenvalue weighted by atomic mass is 10.0. The van der Waals surface area contributed by atoms with Crippen molar-refractivity contribution in [3.63, 3.8) is 0 Å². The summed E-state index contributed by atoms with van der Waals surface area (Å²) >= 11 is 1.32. The minimum absolute atomic E-state index is 0.106. The smallest absolute Gasteiger partial charge is 0.234 e. The van der Waals surface area contributed by atoms with E-state index in [1.807, 2.05) is 66.9 Å². The average molecular weight is 496 g/mol. The van der Waals surface area contributed by atoms with E-state index in [4.69, 9.17) is 4.74 Å². The molecule has 0 bridgehead atoms. The van der Waals surface area contributed by atoms with E-state index in [0.717, 1.165) is 17.0 Å². The number of benzene rings is 2. The highest BCUT2D eigenvalue weighted by molar-refractivity contribution is 7.99. The number of thioether (sulfide) groups is 1. The Morgan fingerprint density at radius 2 is 1.69 bits per heavy atom. The van der Waals surface area contributed by atoms with Gasteiger partial charge in [-0.1, -0.05) is 49.9 Å². The molecule has 0 spiro atoms. The Bertz CT molecular complexity index is 1130. The summed E-state index contributed by atoms with van der Waals surface area (Å²) in [6, 6.07) is 15.0. The van der Waals surface area contributed by atoms with Gasteiger partial charge in [0.15, 0.2) is 11.0 Å². The number of carbonyl (C=O) groups is 2. The summed E-state index contributed by atoms with van der Waals surface area (Å²) in [7, 11) is 1.61. The van der Waals surface area contributed by atoms with E-state index in [-0.39, 0.29) is 30.0 Å². The van der Waals surface area contributed by atoms with Crippen LogP contribution in [0.2, 0.25) is 0 Å². The monoisotopic (exact) mass is 495 g/mol. The molecule has 3 aromatic rings. The van der Waals surface area contributed by atoms with Crippen LogP contribution in [-0.4, -0.2) is 39.4 Å². The van der Waals surface area contributed by atoms with Gasteiger partial charge in [-0.2, -0.15) is 0 Å². The van der Waals surface area contributed by atoms with Crippen LogP contribution in [0.25, 0.3) is 0 Å². The molecule has 0 saturated carbocycles.